The van der Waals surface area contributed by atoms with Crippen LogP contribution in [0.15, 0.2) is 18.2 Å². The highest BCUT2D eigenvalue weighted by Crippen LogP contribution is 2.44. The first-order chi connectivity index (χ1) is 11.5. The number of nitrogens with one attached hydrogen (secondary N) is 1. The average molecular weight is 434 g/mol. The predicted octanol–water partition coefficient (Wildman–Crippen LogP) is 5.73. The fraction of sp³-hybridized carbons (Fsp3) is 0.667. The Balaban J connectivity index is 0.00000169. The van der Waals surface area contributed by atoms with Gasteiger partial charge in [-0.05, 0) is 36.5 Å². The van der Waals surface area contributed by atoms with Gasteiger partial charge in [0.05, 0.1) is 5.56 Å². The molecule has 150 valence electrons. The lowest BCUT2D eigenvalue weighted by Crippen LogP contribution is -2.47. The van der Waals surface area contributed by atoms with E-state index in [9.17, 15) is 13.2 Å². The minimum atomic E-state index is -4.37. The lowest BCUT2D eigenvalue weighted by Gasteiger charge is -2.42. The summed E-state index contributed by atoms with van der Waals surface area (Å²) in [6.45, 7) is 3.25. The molecule has 2 aliphatic rings. The molecule has 1 aliphatic carbocycles. The summed E-state index contributed by atoms with van der Waals surface area (Å²) in [4.78, 5) is 2.24. The molecule has 1 aromatic rings. The summed E-state index contributed by atoms with van der Waals surface area (Å²) in [6, 6.07) is 4.13. The van der Waals surface area contributed by atoms with Crippen LogP contribution < -0.4 is 5.32 Å². The molecule has 0 amide bonds. The van der Waals surface area contributed by atoms with Crippen LogP contribution in [0.3, 0.4) is 0 Å². The zero-order valence-electron chi connectivity index (χ0n) is 14.5. The number of halogens is 6. The van der Waals surface area contributed by atoms with Crippen molar-refractivity contribution in [2.45, 2.75) is 44.3 Å². The minimum absolute atomic E-state index is 0. The zero-order valence-corrected chi connectivity index (χ0v) is 16.9. The van der Waals surface area contributed by atoms with Gasteiger partial charge in [0.25, 0.3) is 0 Å². The Morgan fingerprint density at radius 1 is 1.04 bits per heavy atom. The average Bonchev–Trinajstić information content (AvgIpc) is 2.57. The summed E-state index contributed by atoms with van der Waals surface area (Å²) in [5, 5.41) is 3.44. The van der Waals surface area contributed by atoms with Crippen LogP contribution >= 0.6 is 36.4 Å². The molecule has 1 aromatic carbocycles. The maximum Gasteiger partial charge on any atom is 0.416 e. The van der Waals surface area contributed by atoms with Crippen LogP contribution in [-0.2, 0) is 6.18 Å². The Hall–Kier alpha value is -0.200. The van der Waals surface area contributed by atoms with Gasteiger partial charge in [-0.25, -0.2) is 0 Å². The Morgan fingerprint density at radius 3 is 2.23 bits per heavy atom. The van der Waals surface area contributed by atoms with E-state index in [1.807, 2.05) is 0 Å². The van der Waals surface area contributed by atoms with E-state index in [0.717, 1.165) is 57.9 Å². The summed E-state index contributed by atoms with van der Waals surface area (Å²) in [7, 11) is 0. The van der Waals surface area contributed by atoms with Gasteiger partial charge in [0.2, 0.25) is 0 Å². The third-order valence-corrected chi connectivity index (χ3v) is 5.52. The summed E-state index contributed by atoms with van der Waals surface area (Å²) >= 11 is 5.88. The van der Waals surface area contributed by atoms with Crippen molar-refractivity contribution in [3.8, 4) is 0 Å². The third-order valence-electron chi connectivity index (χ3n) is 5.28. The topological polar surface area (TPSA) is 15.3 Å². The first kappa shape index (κ1) is 23.8. The maximum atomic E-state index is 13.6. The molecule has 0 bridgehead atoms. The van der Waals surface area contributed by atoms with E-state index >= 15 is 0 Å². The van der Waals surface area contributed by atoms with Crippen LogP contribution in [0.2, 0.25) is 5.02 Å². The van der Waals surface area contributed by atoms with E-state index < -0.39 is 11.7 Å². The van der Waals surface area contributed by atoms with Crippen molar-refractivity contribution in [1.29, 1.82) is 0 Å². The fourth-order valence-corrected chi connectivity index (χ4v) is 4.36. The van der Waals surface area contributed by atoms with Gasteiger partial charge < -0.3 is 5.32 Å². The smallest absolute Gasteiger partial charge is 0.314 e. The van der Waals surface area contributed by atoms with Gasteiger partial charge in [-0.15, -0.1) is 24.8 Å². The molecule has 1 saturated carbocycles. The highest BCUT2D eigenvalue weighted by Gasteiger charge is 2.39. The molecule has 8 heteroatoms. The molecule has 26 heavy (non-hydrogen) atoms. The number of hydrogen-bond donors (Lipinski definition) is 1. The Kier molecular flexibility index (Phi) is 9.51. The van der Waals surface area contributed by atoms with E-state index in [1.165, 1.54) is 6.42 Å². The van der Waals surface area contributed by atoms with Crippen molar-refractivity contribution >= 4 is 36.4 Å². The molecular weight excluding hydrogens is 408 g/mol. The van der Waals surface area contributed by atoms with Gasteiger partial charge in [-0.1, -0.05) is 36.9 Å². The molecule has 3 rings (SSSR count). The molecule has 2 nitrogen and oxygen atoms in total. The molecule has 2 fully saturated rings. The minimum Gasteiger partial charge on any atom is -0.314 e. The molecule has 0 unspecified atom stereocenters. The molecule has 1 saturated heterocycles. The molecule has 1 N–H and O–H groups in total. The second-order valence-corrected chi connectivity index (χ2v) is 7.29. The van der Waals surface area contributed by atoms with E-state index in [4.69, 9.17) is 11.6 Å². The lowest BCUT2D eigenvalue weighted by molar-refractivity contribution is -0.139. The molecule has 0 radical (unpaired) electrons. The van der Waals surface area contributed by atoms with Crippen LogP contribution in [0, 0.1) is 5.92 Å². The van der Waals surface area contributed by atoms with Crippen molar-refractivity contribution in [3.05, 3.63) is 34.3 Å². The van der Waals surface area contributed by atoms with Crippen molar-refractivity contribution in [2.24, 2.45) is 5.92 Å². The van der Waals surface area contributed by atoms with Gasteiger partial charge in [-0.3, -0.25) is 4.90 Å². The lowest BCUT2D eigenvalue weighted by atomic mass is 9.79. The standard InChI is InChI=1S/C18H24ClF3N2.2ClH/c19-14-6-7-15(16(12-14)18(20,21)22)17(13-4-2-1-3-5-13)24-10-8-23-9-11-24;;/h6-7,12-13,17,23H,1-5,8-11H2;2*1H/t17-;;/m1../s1. The molecule has 1 atom stereocenters. The molecule has 1 aliphatic heterocycles. The quantitative estimate of drug-likeness (QED) is 0.655. The number of hydrogen-bond acceptors (Lipinski definition) is 2. The van der Waals surface area contributed by atoms with Crippen LogP contribution in [-0.4, -0.2) is 31.1 Å². The molecule has 1 heterocycles. The maximum absolute atomic E-state index is 13.6. The molecular formula is C18H26Cl3F3N2. The Morgan fingerprint density at radius 2 is 1.65 bits per heavy atom. The van der Waals surface area contributed by atoms with Crippen LogP contribution in [0.1, 0.15) is 49.3 Å². The SMILES string of the molecule is Cl.Cl.FC(F)(F)c1cc(Cl)ccc1[C@@H](C1CCCCC1)N1CCNCC1. The van der Waals surface area contributed by atoms with Crippen LogP contribution in [0.25, 0.3) is 0 Å². The second kappa shape index (κ2) is 10.4. The number of rotatable bonds is 3. The third kappa shape index (κ3) is 5.65. The largest absolute Gasteiger partial charge is 0.416 e. The summed E-state index contributed by atoms with van der Waals surface area (Å²) in [5.74, 6) is 0.291. The number of nitrogens with zero attached hydrogens (tertiary/aromatic N) is 1. The normalized spacial score (nSPS) is 20.8. The second-order valence-electron chi connectivity index (χ2n) is 6.86. The molecule has 0 aromatic heterocycles. The van der Waals surface area contributed by atoms with E-state index in [2.05, 4.69) is 10.2 Å². The van der Waals surface area contributed by atoms with Gasteiger partial charge in [0.15, 0.2) is 0 Å². The monoisotopic (exact) mass is 432 g/mol. The summed E-state index contributed by atoms with van der Waals surface area (Å²) in [5.41, 5.74) is -0.162. The number of alkyl halides is 3. The van der Waals surface area contributed by atoms with Crippen LogP contribution in [0.4, 0.5) is 13.2 Å². The van der Waals surface area contributed by atoms with Crippen molar-refractivity contribution < 1.29 is 13.2 Å². The van der Waals surface area contributed by atoms with Crippen LogP contribution in [0.5, 0.6) is 0 Å². The van der Waals surface area contributed by atoms with Gasteiger partial charge in [0, 0.05) is 37.2 Å². The van der Waals surface area contributed by atoms with Crippen molar-refractivity contribution in [2.75, 3.05) is 26.2 Å². The summed E-state index contributed by atoms with van der Waals surface area (Å²) < 4.78 is 40.9. The van der Waals surface area contributed by atoms with Crippen molar-refractivity contribution in [3.63, 3.8) is 0 Å². The fourth-order valence-electron chi connectivity index (χ4n) is 4.19. The number of piperazine rings is 1. The first-order valence-electron chi connectivity index (χ1n) is 8.78. The molecule has 0 spiro atoms. The highest BCUT2D eigenvalue weighted by molar-refractivity contribution is 6.30. The van der Waals surface area contributed by atoms with Crippen molar-refractivity contribution in [1.82, 2.24) is 10.2 Å². The zero-order chi connectivity index (χ0) is 17.2. The van der Waals surface area contributed by atoms with E-state index in [-0.39, 0.29) is 35.9 Å². The Labute approximate surface area is 170 Å². The van der Waals surface area contributed by atoms with Gasteiger partial charge in [-0.2, -0.15) is 13.2 Å². The van der Waals surface area contributed by atoms with E-state index in [0.29, 0.717) is 11.5 Å². The van der Waals surface area contributed by atoms with E-state index in [1.54, 1.807) is 12.1 Å². The highest BCUT2D eigenvalue weighted by atomic mass is 35.5. The first-order valence-corrected chi connectivity index (χ1v) is 9.16. The predicted molar refractivity (Wildman–Crippen MR) is 105 cm³/mol. The summed E-state index contributed by atoms with van der Waals surface area (Å²) in [6.07, 6.45) is 1.06. The Bertz CT molecular complexity index is 539. The number of benzene rings is 1. The van der Waals surface area contributed by atoms with Gasteiger partial charge >= 0.3 is 6.18 Å². The van der Waals surface area contributed by atoms with Gasteiger partial charge in [0.1, 0.15) is 0 Å².